The molecule has 0 spiro atoms. The monoisotopic (exact) mass is 322 g/mol. The molecule has 82 valence electrons. The third-order valence-electron chi connectivity index (χ3n) is 1.81. The van der Waals surface area contributed by atoms with Gasteiger partial charge < -0.3 is 11.1 Å². The zero-order valence-electron chi connectivity index (χ0n) is 8.09. The highest BCUT2D eigenvalue weighted by atomic mass is 127. The lowest BCUT2D eigenvalue weighted by molar-refractivity contribution is -0.116. The Bertz CT molecular complexity index is 357. The first-order valence-electron chi connectivity index (χ1n) is 4.58. The van der Waals surface area contributed by atoms with E-state index >= 15 is 0 Å². The highest BCUT2D eigenvalue weighted by Gasteiger charge is 2.05. The number of carbonyl (C=O) groups is 1. The second kappa shape index (κ2) is 6.02. The van der Waals surface area contributed by atoms with Crippen molar-refractivity contribution < 1.29 is 9.18 Å². The molecular formula is C10H12FIN2O. The molecule has 15 heavy (non-hydrogen) atoms. The van der Waals surface area contributed by atoms with Crippen LogP contribution in [0.2, 0.25) is 0 Å². The second-order valence-corrected chi connectivity index (χ2v) is 4.23. The van der Waals surface area contributed by atoms with Crippen LogP contribution in [0.3, 0.4) is 0 Å². The first-order valence-corrected chi connectivity index (χ1v) is 5.66. The number of nitrogens with one attached hydrogen (secondary N) is 1. The summed E-state index contributed by atoms with van der Waals surface area (Å²) in [7, 11) is 0. The number of hydrogen-bond acceptors (Lipinski definition) is 2. The Morgan fingerprint density at radius 1 is 1.53 bits per heavy atom. The molecule has 3 N–H and O–H groups in total. The summed E-state index contributed by atoms with van der Waals surface area (Å²) < 4.78 is 13.4. The van der Waals surface area contributed by atoms with Gasteiger partial charge in [-0.15, -0.1) is 0 Å². The van der Waals surface area contributed by atoms with E-state index in [1.54, 1.807) is 6.07 Å². The van der Waals surface area contributed by atoms with Crippen LogP contribution in [-0.4, -0.2) is 12.5 Å². The largest absolute Gasteiger partial charge is 0.330 e. The van der Waals surface area contributed by atoms with Gasteiger partial charge in [0.25, 0.3) is 0 Å². The maximum absolute atomic E-state index is 12.8. The normalized spacial score (nSPS) is 10.1. The zero-order chi connectivity index (χ0) is 11.3. The van der Waals surface area contributed by atoms with Crippen molar-refractivity contribution in [3.05, 3.63) is 27.6 Å². The molecular weight excluding hydrogens is 310 g/mol. The van der Waals surface area contributed by atoms with E-state index < -0.39 is 0 Å². The highest BCUT2D eigenvalue weighted by molar-refractivity contribution is 14.1. The average Bonchev–Trinajstić information content (AvgIpc) is 2.19. The molecule has 0 unspecified atom stereocenters. The van der Waals surface area contributed by atoms with Gasteiger partial charge in [-0.1, -0.05) is 0 Å². The Labute approximate surface area is 101 Å². The van der Waals surface area contributed by atoms with E-state index in [2.05, 4.69) is 5.32 Å². The van der Waals surface area contributed by atoms with Crippen LogP contribution in [-0.2, 0) is 4.79 Å². The van der Waals surface area contributed by atoms with Gasteiger partial charge in [-0.3, -0.25) is 4.79 Å². The number of carbonyl (C=O) groups excluding carboxylic acids is 1. The third kappa shape index (κ3) is 4.13. The van der Waals surface area contributed by atoms with Crippen LogP contribution >= 0.6 is 22.6 Å². The quantitative estimate of drug-likeness (QED) is 0.834. The number of benzene rings is 1. The van der Waals surface area contributed by atoms with Crippen molar-refractivity contribution in [3.8, 4) is 0 Å². The summed E-state index contributed by atoms with van der Waals surface area (Å²) in [4.78, 5) is 11.3. The molecule has 1 rings (SSSR count). The Morgan fingerprint density at radius 3 is 2.87 bits per heavy atom. The smallest absolute Gasteiger partial charge is 0.224 e. The summed E-state index contributed by atoms with van der Waals surface area (Å²) in [6.07, 6.45) is 1.05. The standard InChI is InChI=1S/C10H12FIN2O/c11-7-3-4-9(8(12)6-7)14-10(15)2-1-5-13/h3-4,6H,1-2,5,13H2,(H,14,15). The average molecular weight is 322 g/mol. The fourth-order valence-electron chi connectivity index (χ4n) is 1.07. The molecule has 0 aromatic heterocycles. The molecule has 5 heteroatoms. The van der Waals surface area contributed by atoms with E-state index in [9.17, 15) is 9.18 Å². The van der Waals surface area contributed by atoms with Crippen LogP contribution in [0.4, 0.5) is 10.1 Å². The predicted molar refractivity (Wildman–Crippen MR) is 66.0 cm³/mol. The molecule has 1 aromatic rings. The number of rotatable bonds is 4. The molecule has 1 aromatic carbocycles. The van der Waals surface area contributed by atoms with Crippen LogP contribution in [0.25, 0.3) is 0 Å². The molecule has 0 bridgehead atoms. The van der Waals surface area contributed by atoms with Crippen molar-refractivity contribution in [1.29, 1.82) is 0 Å². The topological polar surface area (TPSA) is 55.1 Å². The van der Waals surface area contributed by atoms with Crippen LogP contribution in [0.15, 0.2) is 18.2 Å². The van der Waals surface area contributed by atoms with Gasteiger partial charge in [0.05, 0.1) is 5.69 Å². The summed E-state index contributed by atoms with van der Waals surface area (Å²) in [6.45, 7) is 0.494. The Hall–Kier alpha value is -0.690. The van der Waals surface area contributed by atoms with E-state index in [0.717, 1.165) is 0 Å². The van der Waals surface area contributed by atoms with Gasteiger partial charge in [-0.25, -0.2) is 4.39 Å². The van der Waals surface area contributed by atoms with Crippen LogP contribution in [0.5, 0.6) is 0 Å². The third-order valence-corrected chi connectivity index (χ3v) is 2.71. The Morgan fingerprint density at radius 2 is 2.27 bits per heavy atom. The number of nitrogens with two attached hydrogens (primary N) is 1. The summed E-state index contributed by atoms with van der Waals surface area (Å²) in [5.41, 5.74) is 5.93. The van der Waals surface area contributed by atoms with E-state index in [4.69, 9.17) is 5.73 Å². The summed E-state index contributed by atoms with van der Waals surface area (Å²) >= 11 is 1.98. The van der Waals surface area contributed by atoms with Crippen LogP contribution in [0, 0.1) is 9.39 Å². The minimum Gasteiger partial charge on any atom is -0.330 e. The molecule has 0 saturated heterocycles. The van der Waals surface area contributed by atoms with Crippen LogP contribution < -0.4 is 11.1 Å². The minimum atomic E-state index is -0.306. The summed E-state index contributed by atoms with van der Waals surface area (Å²) in [5, 5.41) is 2.70. The van der Waals surface area contributed by atoms with Gasteiger partial charge in [0.2, 0.25) is 5.91 Å². The maximum atomic E-state index is 12.8. The predicted octanol–water partition coefficient (Wildman–Crippen LogP) is 2.11. The van der Waals surface area contributed by atoms with Gasteiger partial charge in [-0.05, 0) is 53.8 Å². The molecule has 0 aliphatic rings. The zero-order valence-corrected chi connectivity index (χ0v) is 10.3. The van der Waals surface area contributed by atoms with E-state index in [-0.39, 0.29) is 11.7 Å². The van der Waals surface area contributed by atoms with Gasteiger partial charge in [0.1, 0.15) is 5.82 Å². The summed E-state index contributed by atoms with van der Waals surface area (Å²) in [6, 6.07) is 4.25. The molecule has 0 heterocycles. The molecule has 1 amide bonds. The van der Waals surface area contributed by atoms with Gasteiger partial charge >= 0.3 is 0 Å². The fourth-order valence-corrected chi connectivity index (χ4v) is 1.68. The van der Waals surface area contributed by atoms with Crippen molar-refractivity contribution in [2.75, 3.05) is 11.9 Å². The lowest BCUT2D eigenvalue weighted by Gasteiger charge is -2.06. The first kappa shape index (κ1) is 12.4. The SMILES string of the molecule is NCCCC(=O)Nc1ccc(F)cc1I. The molecule has 3 nitrogen and oxygen atoms in total. The second-order valence-electron chi connectivity index (χ2n) is 3.06. The van der Waals surface area contributed by atoms with Gasteiger partial charge in [-0.2, -0.15) is 0 Å². The fraction of sp³-hybridized carbons (Fsp3) is 0.300. The number of amides is 1. The van der Waals surface area contributed by atoms with Crippen molar-refractivity contribution in [2.24, 2.45) is 5.73 Å². The minimum absolute atomic E-state index is 0.0926. The molecule has 0 atom stereocenters. The van der Waals surface area contributed by atoms with Gasteiger partial charge in [0.15, 0.2) is 0 Å². The highest BCUT2D eigenvalue weighted by Crippen LogP contribution is 2.19. The van der Waals surface area contributed by atoms with Crippen LogP contribution in [0.1, 0.15) is 12.8 Å². The molecule has 0 aliphatic carbocycles. The Balaban J connectivity index is 2.60. The number of hydrogen-bond donors (Lipinski definition) is 2. The molecule has 0 saturated carbocycles. The van der Waals surface area contributed by atoms with E-state index in [1.807, 2.05) is 22.6 Å². The van der Waals surface area contributed by atoms with Crippen molar-refractivity contribution in [2.45, 2.75) is 12.8 Å². The van der Waals surface area contributed by atoms with E-state index in [0.29, 0.717) is 28.6 Å². The van der Waals surface area contributed by atoms with Crippen molar-refractivity contribution >= 4 is 34.2 Å². The first-order chi connectivity index (χ1) is 7.13. The van der Waals surface area contributed by atoms with Crippen molar-refractivity contribution in [3.63, 3.8) is 0 Å². The number of halogens is 2. The number of anilines is 1. The van der Waals surface area contributed by atoms with Crippen molar-refractivity contribution in [1.82, 2.24) is 0 Å². The lowest BCUT2D eigenvalue weighted by atomic mass is 10.2. The molecule has 0 radical (unpaired) electrons. The lowest BCUT2D eigenvalue weighted by Crippen LogP contribution is -2.14. The van der Waals surface area contributed by atoms with E-state index in [1.165, 1.54) is 12.1 Å². The Kier molecular flexibility index (Phi) is 4.97. The maximum Gasteiger partial charge on any atom is 0.224 e. The molecule has 0 aliphatic heterocycles. The van der Waals surface area contributed by atoms with Gasteiger partial charge in [0, 0.05) is 9.99 Å². The molecule has 0 fully saturated rings. The summed E-state index contributed by atoms with van der Waals surface area (Å²) in [5.74, 6) is -0.399.